The van der Waals surface area contributed by atoms with Crippen LogP contribution in [0.15, 0.2) is 24.4 Å². The number of ketones is 1. The van der Waals surface area contributed by atoms with Crippen molar-refractivity contribution in [1.82, 2.24) is 4.90 Å². The Morgan fingerprint density at radius 1 is 1.31 bits per heavy atom. The van der Waals surface area contributed by atoms with Crippen molar-refractivity contribution in [3.63, 3.8) is 0 Å². The van der Waals surface area contributed by atoms with Crippen molar-refractivity contribution in [2.75, 3.05) is 14.1 Å². The van der Waals surface area contributed by atoms with E-state index in [9.17, 15) is 4.79 Å². The summed E-state index contributed by atoms with van der Waals surface area (Å²) < 4.78 is 0. The molecule has 0 aliphatic heterocycles. The lowest BCUT2D eigenvalue weighted by Gasteiger charge is -2.19. The largest absolute Gasteiger partial charge is 0.383 e. The highest BCUT2D eigenvalue weighted by molar-refractivity contribution is 6.31. The molecule has 0 saturated heterocycles. The highest BCUT2D eigenvalue weighted by Crippen LogP contribution is 2.30. The van der Waals surface area contributed by atoms with E-state index < -0.39 is 0 Å². The van der Waals surface area contributed by atoms with Gasteiger partial charge in [0, 0.05) is 37.3 Å². The van der Waals surface area contributed by atoms with Gasteiger partial charge in [0.2, 0.25) is 0 Å². The van der Waals surface area contributed by atoms with Crippen LogP contribution in [0.5, 0.6) is 0 Å². The number of Topliss-reactive ketones (excluding diaryl/α,β-unsaturated/α-hetero) is 1. The van der Waals surface area contributed by atoms with E-state index in [-0.39, 0.29) is 5.78 Å². The minimum Gasteiger partial charge on any atom is -0.383 e. The van der Waals surface area contributed by atoms with Crippen LogP contribution in [0.2, 0.25) is 5.02 Å². The maximum atomic E-state index is 11.8. The van der Waals surface area contributed by atoms with Crippen molar-refractivity contribution in [2.24, 2.45) is 0 Å². The summed E-state index contributed by atoms with van der Waals surface area (Å²) in [4.78, 5) is 13.7. The number of allylic oxidation sites excluding steroid dienone is 1. The molecule has 0 saturated carbocycles. The number of carbonyl (C=O) groups is 1. The van der Waals surface area contributed by atoms with Gasteiger partial charge in [0.15, 0.2) is 5.78 Å². The van der Waals surface area contributed by atoms with Crippen LogP contribution in [0.25, 0.3) is 5.57 Å². The summed E-state index contributed by atoms with van der Waals surface area (Å²) in [6.07, 6.45) is 3.25. The van der Waals surface area contributed by atoms with Gasteiger partial charge in [-0.1, -0.05) is 17.7 Å². The summed E-state index contributed by atoms with van der Waals surface area (Å²) in [6.45, 7) is 0. The Hall–Kier alpha value is -1.28. The molecule has 0 fully saturated rings. The molecule has 0 spiro atoms. The van der Waals surface area contributed by atoms with Crippen molar-refractivity contribution in [2.45, 2.75) is 12.8 Å². The first kappa shape index (κ1) is 11.2. The second-order valence-electron chi connectivity index (χ2n) is 4.23. The fourth-order valence-corrected chi connectivity index (χ4v) is 2.16. The van der Waals surface area contributed by atoms with Gasteiger partial charge in [-0.3, -0.25) is 4.79 Å². The van der Waals surface area contributed by atoms with Gasteiger partial charge in [-0.25, -0.2) is 0 Å². The van der Waals surface area contributed by atoms with Gasteiger partial charge < -0.3 is 4.90 Å². The molecule has 2 rings (SSSR count). The van der Waals surface area contributed by atoms with Crippen LogP contribution in [0.3, 0.4) is 0 Å². The van der Waals surface area contributed by atoms with E-state index in [1.807, 2.05) is 43.4 Å². The van der Waals surface area contributed by atoms with Crippen molar-refractivity contribution in [1.29, 1.82) is 0 Å². The normalized spacial score (nSPS) is 17.4. The zero-order chi connectivity index (χ0) is 11.7. The van der Waals surface area contributed by atoms with Crippen molar-refractivity contribution >= 4 is 23.0 Å². The molecule has 0 N–H and O–H groups in total. The van der Waals surface area contributed by atoms with Crippen LogP contribution >= 0.6 is 11.6 Å². The number of rotatable bonds is 1. The molecule has 0 amide bonds. The Morgan fingerprint density at radius 2 is 2.06 bits per heavy atom. The molecule has 0 unspecified atom stereocenters. The van der Waals surface area contributed by atoms with Crippen LogP contribution in [-0.4, -0.2) is 24.8 Å². The van der Waals surface area contributed by atoms with Crippen LogP contribution < -0.4 is 0 Å². The molecule has 84 valence electrons. The van der Waals surface area contributed by atoms with Crippen molar-refractivity contribution < 1.29 is 4.79 Å². The Balaban J connectivity index is 2.52. The monoisotopic (exact) mass is 235 g/mol. The van der Waals surface area contributed by atoms with E-state index in [1.165, 1.54) is 5.56 Å². The maximum absolute atomic E-state index is 11.8. The lowest BCUT2D eigenvalue weighted by molar-refractivity contribution is -0.113. The topological polar surface area (TPSA) is 20.3 Å². The molecule has 0 bridgehead atoms. The van der Waals surface area contributed by atoms with E-state index in [0.29, 0.717) is 6.42 Å². The number of hydrogen-bond acceptors (Lipinski definition) is 2. The third kappa shape index (κ3) is 2.12. The van der Waals surface area contributed by atoms with Crippen molar-refractivity contribution in [3.05, 3.63) is 40.5 Å². The SMILES string of the molecule is CN(C)/C=C1/C(=O)CCc2cc(Cl)ccc21. The van der Waals surface area contributed by atoms with E-state index in [2.05, 4.69) is 0 Å². The molecule has 16 heavy (non-hydrogen) atoms. The fourth-order valence-electron chi connectivity index (χ4n) is 1.96. The quantitative estimate of drug-likeness (QED) is 0.698. The van der Waals surface area contributed by atoms with Crippen LogP contribution in [0.1, 0.15) is 17.5 Å². The molecule has 0 heterocycles. The van der Waals surface area contributed by atoms with Gasteiger partial charge in [-0.05, 0) is 29.7 Å². The maximum Gasteiger partial charge on any atom is 0.165 e. The first-order valence-corrected chi connectivity index (χ1v) is 5.66. The number of fused-ring (bicyclic) bond motifs is 1. The van der Waals surface area contributed by atoms with Gasteiger partial charge in [-0.15, -0.1) is 0 Å². The lowest BCUT2D eigenvalue weighted by Crippen LogP contribution is -2.15. The van der Waals surface area contributed by atoms with Crippen LogP contribution in [0.4, 0.5) is 0 Å². The molecule has 1 aliphatic rings. The zero-order valence-electron chi connectivity index (χ0n) is 9.46. The highest BCUT2D eigenvalue weighted by atomic mass is 35.5. The van der Waals surface area contributed by atoms with Gasteiger partial charge in [-0.2, -0.15) is 0 Å². The van der Waals surface area contributed by atoms with Crippen LogP contribution in [-0.2, 0) is 11.2 Å². The van der Waals surface area contributed by atoms with Gasteiger partial charge in [0.1, 0.15) is 0 Å². The summed E-state index contributed by atoms with van der Waals surface area (Å²) in [5.74, 6) is 0.212. The number of carbonyl (C=O) groups excluding carboxylic acids is 1. The summed E-state index contributed by atoms with van der Waals surface area (Å²) in [5.41, 5.74) is 2.98. The summed E-state index contributed by atoms with van der Waals surface area (Å²) >= 11 is 5.95. The number of aryl methyl sites for hydroxylation is 1. The Morgan fingerprint density at radius 3 is 2.75 bits per heavy atom. The molecule has 0 aromatic heterocycles. The number of nitrogens with zero attached hydrogens (tertiary/aromatic N) is 1. The number of hydrogen-bond donors (Lipinski definition) is 0. The Bertz CT molecular complexity index is 463. The third-order valence-corrected chi connectivity index (χ3v) is 2.90. The van der Waals surface area contributed by atoms with Crippen molar-refractivity contribution in [3.8, 4) is 0 Å². The smallest absolute Gasteiger partial charge is 0.165 e. The Kier molecular flexibility index (Phi) is 3.01. The minimum absolute atomic E-state index is 0.212. The molecule has 0 atom stereocenters. The summed E-state index contributed by atoms with van der Waals surface area (Å²) in [6, 6.07) is 5.72. The Labute approximate surface area is 101 Å². The highest BCUT2D eigenvalue weighted by Gasteiger charge is 2.21. The molecular formula is C13H14ClNO. The molecule has 2 nitrogen and oxygen atoms in total. The van der Waals surface area contributed by atoms with Gasteiger partial charge in [0.25, 0.3) is 0 Å². The van der Waals surface area contributed by atoms with Gasteiger partial charge in [0.05, 0.1) is 0 Å². The van der Waals surface area contributed by atoms with E-state index >= 15 is 0 Å². The third-order valence-electron chi connectivity index (χ3n) is 2.67. The zero-order valence-corrected chi connectivity index (χ0v) is 10.2. The van der Waals surface area contributed by atoms with E-state index in [1.54, 1.807) is 0 Å². The van der Waals surface area contributed by atoms with Crippen LogP contribution in [0, 0.1) is 0 Å². The first-order chi connectivity index (χ1) is 7.58. The minimum atomic E-state index is 0.212. The van der Waals surface area contributed by atoms with E-state index in [4.69, 9.17) is 11.6 Å². The summed E-state index contributed by atoms with van der Waals surface area (Å²) in [7, 11) is 3.84. The summed E-state index contributed by atoms with van der Waals surface area (Å²) in [5, 5.41) is 0.734. The molecule has 0 radical (unpaired) electrons. The second kappa shape index (κ2) is 4.30. The predicted molar refractivity (Wildman–Crippen MR) is 66.4 cm³/mol. The average Bonchev–Trinajstić information content (AvgIpc) is 2.22. The van der Waals surface area contributed by atoms with E-state index in [0.717, 1.165) is 22.6 Å². The number of benzene rings is 1. The predicted octanol–water partition coefficient (Wildman–Crippen LogP) is 2.76. The molecule has 3 heteroatoms. The molecule has 1 aromatic carbocycles. The molecule has 1 aromatic rings. The lowest BCUT2D eigenvalue weighted by atomic mass is 9.87. The number of halogens is 1. The molecule has 1 aliphatic carbocycles. The molecular weight excluding hydrogens is 222 g/mol. The standard InChI is InChI=1S/C13H14ClNO/c1-15(2)8-12-11-5-4-10(14)7-9(11)3-6-13(12)16/h4-5,7-8H,3,6H2,1-2H3/b12-8+. The second-order valence-corrected chi connectivity index (χ2v) is 4.67. The fraction of sp³-hybridized carbons (Fsp3) is 0.308. The average molecular weight is 236 g/mol. The van der Waals surface area contributed by atoms with Gasteiger partial charge >= 0.3 is 0 Å². The first-order valence-electron chi connectivity index (χ1n) is 5.28.